The van der Waals surface area contributed by atoms with Crippen molar-refractivity contribution in [1.82, 2.24) is 19.9 Å². The predicted molar refractivity (Wildman–Crippen MR) is 79.5 cm³/mol. The number of benzene rings is 1. The van der Waals surface area contributed by atoms with Crippen molar-refractivity contribution in [1.29, 1.82) is 0 Å². The highest BCUT2D eigenvalue weighted by Crippen LogP contribution is 2.25. The average Bonchev–Trinajstić information content (AvgIpc) is 2.88. The third kappa shape index (κ3) is 2.79. The summed E-state index contributed by atoms with van der Waals surface area (Å²) in [6.07, 6.45) is 3.00. The summed E-state index contributed by atoms with van der Waals surface area (Å²) in [4.78, 5) is 16.0. The number of nitrogens with one attached hydrogen (secondary N) is 1. The van der Waals surface area contributed by atoms with Gasteiger partial charge in [0.2, 0.25) is 0 Å². The zero-order valence-corrected chi connectivity index (χ0v) is 11.9. The molecule has 0 saturated carbocycles. The first kappa shape index (κ1) is 13.4. The van der Waals surface area contributed by atoms with E-state index in [1.54, 1.807) is 6.20 Å². The van der Waals surface area contributed by atoms with Crippen molar-refractivity contribution in [3.8, 4) is 0 Å². The number of oxime groups is 1. The Labute approximate surface area is 124 Å². The molecule has 0 aliphatic rings. The van der Waals surface area contributed by atoms with Crippen LogP contribution in [-0.4, -0.2) is 31.0 Å². The van der Waals surface area contributed by atoms with Gasteiger partial charge in [-0.15, -0.1) is 0 Å². The van der Waals surface area contributed by atoms with Crippen LogP contribution in [0.2, 0.25) is 0 Å². The number of nitrogens with zero attached hydrogens (tertiary/aromatic N) is 4. The van der Waals surface area contributed by atoms with Gasteiger partial charge in [0.25, 0.3) is 0 Å². The van der Waals surface area contributed by atoms with Crippen LogP contribution in [0.5, 0.6) is 0 Å². The van der Waals surface area contributed by atoms with Gasteiger partial charge in [-0.1, -0.05) is 11.2 Å². The van der Waals surface area contributed by atoms with Crippen LogP contribution in [-0.2, 0) is 0 Å². The van der Waals surface area contributed by atoms with Gasteiger partial charge in [0.1, 0.15) is 10.7 Å². The molecule has 21 heavy (non-hydrogen) atoms. The summed E-state index contributed by atoms with van der Waals surface area (Å²) in [5.41, 5.74) is 8.82. The summed E-state index contributed by atoms with van der Waals surface area (Å²) < 4.78 is 0. The van der Waals surface area contributed by atoms with Crippen LogP contribution in [0.25, 0.3) is 11.0 Å². The Hall–Kier alpha value is -2.61. The molecule has 0 fully saturated rings. The highest BCUT2D eigenvalue weighted by molar-refractivity contribution is 7.99. The second-order valence-electron chi connectivity index (χ2n) is 4.39. The lowest BCUT2D eigenvalue weighted by molar-refractivity contribution is 0.318. The number of aromatic amines is 1. The third-order valence-corrected chi connectivity index (χ3v) is 3.62. The van der Waals surface area contributed by atoms with E-state index in [-0.39, 0.29) is 5.84 Å². The number of hydrogen-bond acceptors (Lipinski definition) is 6. The Morgan fingerprint density at radius 1 is 1.33 bits per heavy atom. The Morgan fingerprint density at radius 3 is 2.90 bits per heavy atom. The van der Waals surface area contributed by atoms with Gasteiger partial charge >= 0.3 is 0 Å². The zero-order valence-electron chi connectivity index (χ0n) is 11.1. The molecule has 0 unspecified atom stereocenters. The SMILES string of the molecule is Cc1ccc2nc(Sc3cnc(C(N)=NO)cn3)[nH]c2c1. The summed E-state index contributed by atoms with van der Waals surface area (Å²) in [6, 6.07) is 6.03. The van der Waals surface area contributed by atoms with E-state index >= 15 is 0 Å². The fourth-order valence-corrected chi connectivity index (χ4v) is 2.51. The molecule has 106 valence electrons. The van der Waals surface area contributed by atoms with E-state index < -0.39 is 0 Å². The van der Waals surface area contributed by atoms with Gasteiger partial charge in [-0.3, -0.25) is 0 Å². The van der Waals surface area contributed by atoms with Gasteiger partial charge in [0.15, 0.2) is 11.0 Å². The summed E-state index contributed by atoms with van der Waals surface area (Å²) in [5, 5.41) is 12.9. The normalized spacial score (nSPS) is 12.0. The van der Waals surface area contributed by atoms with E-state index in [9.17, 15) is 0 Å². The van der Waals surface area contributed by atoms with Crippen LogP contribution >= 0.6 is 11.8 Å². The standard InChI is InChI=1S/C13H12N6OS/c1-7-2-3-8-9(4-7)18-13(17-8)21-11-6-15-10(5-16-11)12(14)19-20/h2-6,20H,1H3,(H2,14,19)(H,17,18). The minimum atomic E-state index is -0.0711. The second-order valence-corrected chi connectivity index (χ2v) is 5.40. The molecule has 0 aliphatic heterocycles. The first-order valence-electron chi connectivity index (χ1n) is 6.10. The number of aromatic nitrogens is 4. The summed E-state index contributed by atoms with van der Waals surface area (Å²) in [5.74, 6) is -0.0711. The maximum Gasteiger partial charge on any atom is 0.190 e. The smallest absolute Gasteiger partial charge is 0.190 e. The Morgan fingerprint density at radius 2 is 2.19 bits per heavy atom. The minimum absolute atomic E-state index is 0.0711. The lowest BCUT2D eigenvalue weighted by atomic mass is 10.2. The van der Waals surface area contributed by atoms with E-state index in [4.69, 9.17) is 10.9 Å². The fraction of sp³-hybridized carbons (Fsp3) is 0.0769. The van der Waals surface area contributed by atoms with Gasteiger partial charge in [0.05, 0.1) is 23.4 Å². The molecule has 0 bridgehead atoms. The largest absolute Gasteiger partial charge is 0.409 e. The van der Waals surface area contributed by atoms with Gasteiger partial charge in [0, 0.05) is 0 Å². The summed E-state index contributed by atoms with van der Waals surface area (Å²) in [6.45, 7) is 2.03. The molecule has 0 spiro atoms. The molecule has 3 rings (SSSR count). The molecule has 3 aromatic rings. The number of imidazole rings is 1. The molecule has 0 atom stereocenters. The monoisotopic (exact) mass is 300 g/mol. The van der Waals surface area contributed by atoms with Crippen molar-refractivity contribution < 1.29 is 5.21 Å². The third-order valence-electron chi connectivity index (χ3n) is 2.82. The highest BCUT2D eigenvalue weighted by atomic mass is 32.2. The van der Waals surface area contributed by atoms with Crippen molar-refractivity contribution in [2.75, 3.05) is 0 Å². The number of H-pyrrole nitrogens is 1. The molecular formula is C13H12N6OS. The van der Waals surface area contributed by atoms with Gasteiger partial charge in [-0.05, 0) is 36.4 Å². The van der Waals surface area contributed by atoms with Crippen LogP contribution in [0.4, 0.5) is 0 Å². The fourth-order valence-electron chi connectivity index (χ4n) is 1.80. The molecule has 8 heteroatoms. The highest BCUT2D eigenvalue weighted by Gasteiger charge is 2.07. The first-order valence-corrected chi connectivity index (χ1v) is 6.91. The maximum atomic E-state index is 8.57. The average molecular weight is 300 g/mol. The number of fused-ring (bicyclic) bond motifs is 1. The predicted octanol–water partition coefficient (Wildman–Crippen LogP) is 1.91. The van der Waals surface area contributed by atoms with E-state index in [1.165, 1.54) is 23.5 Å². The van der Waals surface area contributed by atoms with Crippen molar-refractivity contribution in [3.05, 3.63) is 41.9 Å². The molecular weight excluding hydrogens is 288 g/mol. The van der Waals surface area contributed by atoms with Crippen LogP contribution in [0.1, 0.15) is 11.3 Å². The molecule has 2 heterocycles. The quantitative estimate of drug-likeness (QED) is 0.295. The van der Waals surface area contributed by atoms with Crippen LogP contribution in [0, 0.1) is 6.92 Å². The molecule has 4 N–H and O–H groups in total. The van der Waals surface area contributed by atoms with Gasteiger partial charge < -0.3 is 15.9 Å². The van der Waals surface area contributed by atoms with Crippen molar-refractivity contribution >= 4 is 28.6 Å². The molecule has 0 saturated heterocycles. The Balaban J connectivity index is 1.84. The van der Waals surface area contributed by atoms with Crippen molar-refractivity contribution in [2.45, 2.75) is 17.1 Å². The molecule has 2 aromatic heterocycles. The van der Waals surface area contributed by atoms with E-state index in [2.05, 4.69) is 25.1 Å². The van der Waals surface area contributed by atoms with Crippen LogP contribution < -0.4 is 5.73 Å². The zero-order chi connectivity index (χ0) is 14.8. The van der Waals surface area contributed by atoms with E-state index in [0.717, 1.165) is 16.2 Å². The number of hydrogen-bond donors (Lipinski definition) is 3. The number of rotatable bonds is 3. The van der Waals surface area contributed by atoms with Gasteiger partial charge in [-0.25, -0.2) is 15.0 Å². The second kappa shape index (κ2) is 5.41. The molecule has 1 aromatic carbocycles. The lowest BCUT2D eigenvalue weighted by Gasteiger charge is -1.99. The van der Waals surface area contributed by atoms with Crippen molar-refractivity contribution in [3.63, 3.8) is 0 Å². The van der Waals surface area contributed by atoms with Gasteiger partial charge in [-0.2, -0.15) is 0 Å². The molecule has 0 radical (unpaired) electrons. The topological polar surface area (TPSA) is 113 Å². The molecule has 0 aliphatic carbocycles. The summed E-state index contributed by atoms with van der Waals surface area (Å²) in [7, 11) is 0. The van der Waals surface area contributed by atoms with E-state index in [1.807, 2.05) is 25.1 Å². The minimum Gasteiger partial charge on any atom is -0.409 e. The van der Waals surface area contributed by atoms with Crippen molar-refractivity contribution in [2.24, 2.45) is 10.9 Å². The number of nitrogens with two attached hydrogens (primary N) is 1. The van der Waals surface area contributed by atoms with Crippen LogP contribution in [0.3, 0.4) is 0 Å². The van der Waals surface area contributed by atoms with Crippen LogP contribution in [0.15, 0.2) is 45.9 Å². The summed E-state index contributed by atoms with van der Waals surface area (Å²) >= 11 is 1.36. The Bertz CT molecular complexity index is 811. The number of aryl methyl sites for hydroxylation is 1. The Kier molecular flexibility index (Phi) is 3.44. The molecule has 7 nitrogen and oxygen atoms in total. The number of amidine groups is 1. The lowest BCUT2D eigenvalue weighted by Crippen LogP contribution is -2.15. The first-order chi connectivity index (χ1) is 10.2. The molecule has 0 amide bonds. The van der Waals surface area contributed by atoms with E-state index in [0.29, 0.717) is 10.7 Å². The maximum absolute atomic E-state index is 8.57.